The van der Waals surface area contributed by atoms with Crippen LogP contribution in [0.5, 0.6) is 0 Å². The lowest BCUT2D eigenvalue weighted by atomic mass is 9.99. The number of aromatic nitrogens is 4. The van der Waals surface area contributed by atoms with Crippen molar-refractivity contribution in [3.05, 3.63) is 103 Å². The third-order valence-electron chi connectivity index (χ3n) is 6.93. The van der Waals surface area contributed by atoms with Crippen molar-refractivity contribution >= 4 is 32.8 Å². The zero-order valence-corrected chi connectivity index (χ0v) is 24.6. The molecule has 0 spiro atoms. The summed E-state index contributed by atoms with van der Waals surface area (Å²) in [7, 11) is -3.74. The molecule has 3 aromatic heterocycles. The van der Waals surface area contributed by atoms with E-state index in [1.165, 1.54) is 30.8 Å². The number of anilines is 1. The summed E-state index contributed by atoms with van der Waals surface area (Å²) in [6.45, 7) is 5.11. The number of carbonyl (C=O) groups excluding carboxylic acids is 1. The maximum Gasteiger partial charge on any atom is 0.261 e. The van der Waals surface area contributed by atoms with E-state index in [0.717, 1.165) is 0 Å². The van der Waals surface area contributed by atoms with E-state index < -0.39 is 16.1 Å². The molecule has 0 unspecified atom stereocenters. The molecule has 0 fully saturated rings. The molecule has 0 saturated carbocycles. The van der Waals surface area contributed by atoms with Gasteiger partial charge in [0.15, 0.2) is 5.65 Å². The summed E-state index contributed by atoms with van der Waals surface area (Å²) in [6.07, 6.45) is 6.01. The summed E-state index contributed by atoms with van der Waals surface area (Å²) < 4.78 is 35.0. The highest BCUT2D eigenvalue weighted by Crippen LogP contribution is 2.22. The van der Waals surface area contributed by atoms with E-state index in [0.29, 0.717) is 46.8 Å². The number of β-amino-alcohol motifs (C(OH)–C–C–N with tert-alkyl or cyclic N) is 1. The molecule has 1 atom stereocenters. The summed E-state index contributed by atoms with van der Waals surface area (Å²) in [5.41, 5.74) is 2.25. The molecule has 3 heterocycles. The number of sulfonamides is 1. The van der Waals surface area contributed by atoms with Crippen LogP contribution in [0.1, 0.15) is 48.2 Å². The maximum atomic E-state index is 12.7. The number of benzene rings is 2. The first kappa shape index (κ1) is 29.9. The average Bonchev–Trinajstić information content (AvgIpc) is 3.68. The third kappa shape index (κ3) is 7.63. The van der Waals surface area contributed by atoms with Crippen LogP contribution in [0.4, 0.5) is 5.69 Å². The van der Waals surface area contributed by atoms with E-state index in [-0.39, 0.29) is 29.4 Å². The van der Waals surface area contributed by atoms with Crippen molar-refractivity contribution < 1.29 is 22.7 Å². The number of imidazole rings is 1. The maximum absolute atomic E-state index is 12.7. The summed E-state index contributed by atoms with van der Waals surface area (Å²) in [5.74, 6) is 0.111. The van der Waals surface area contributed by atoms with Gasteiger partial charge in [-0.1, -0.05) is 30.3 Å². The fraction of sp³-hybridized carbons (Fsp3) is 0.267. The van der Waals surface area contributed by atoms with Crippen LogP contribution in [0.25, 0.3) is 11.2 Å². The van der Waals surface area contributed by atoms with Crippen molar-refractivity contribution in [3.63, 3.8) is 0 Å². The van der Waals surface area contributed by atoms with Crippen molar-refractivity contribution in [2.45, 2.75) is 49.9 Å². The standard InChI is InChI=1S/C30H33N7O5S/c1-30(2,35-18-26(38)21-7-6-8-23(15-21)36-43(40,41)24-9-4-3-5-10-24)11-13-37-20-34-25-16-22(17-32-28(25)37)29(39)33-19-27-31-12-14-42-27/h3-10,12,14-17,20,26,35-36,38H,11,13,18-19H2,1-2H3,(H,33,39)/t26-/m0/s1. The number of pyridine rings is 1. The first-order chi connectivity index (χ1) is 20.6. The highest BCUT2D eigenvalue weighted by molar-refractivity contribution is 7.92. The zero-order valence-electron chi connectivity index (χ0n) is 23.8. The minimum Gasteiger partial charge on any atom is -0.447 e. The summed E-state index contributed by atoms with van der Waals surface area (Å²) >= 11 is 0. The van der Waals surface area contributed by atoms with Gasteiger partial charge in [-0.25, -0.2) is 23.4 Å². The van der Waals surface area contributed by atoms with Crippen molar-refractivity contribution in [1.82, 2.24) is 30.2 Å². The van der Waals surface area contributed by atoms with Gasteiger partial charge in [0.25, 0.3) is 15.9 Å². The number of aliphatic hydroxyl groups excluding tert-OH is 1. The number of hydrogen-bond acceptors (Lipinski definition) is 9. The van der Waals surface area contributed by atoms with Gasteiger partial charge in [0.1, 0.15) is 11.8 Å². The van der Waals surface area contributed by atoms with E-state index in [2.05, 4.69) is 30.3 Å². The largest absolute Gasteiger partial charge is 0.447 e. The SMILES string of the molecule is CC(C)(CCn1cnc2cc(C(=O)NCc3ncco3)cnc21)NC[C@H](O)c1cccc(NS(=O)(=O)c2ccccc2)c1. The van der Waals surface area contributed by atoms with Crippen LogP contribution in [0.2, 0.25) is 0 Å². The summed E-state index contributed by atoms with van der Waals surface area (Å²) in [5, 5.41) is 17.0. The van der Waals surface area contributed by atoms with Gasteiger partial charge in [-0.05, 0) is 56.2 Å². The summed E-state index contributed by atoms with van der Waals surface area (Å²) in [6, 6.07) is 16.5. The topological polar surface area (TPSA) is 164 Å². The Morgan fingerprint density at radius 2 is 1.88 bits per heavy atom. The smallest absolute Gasteiger partial charge is 0.261 e. The van der Waals surface area contributed by atoms with Crippen molar-refractivity contribution in [1.29, 1.82) is 0 Å². The first-order valence-electron chi connectivity index (χ1n) is 13.7. The lowest BCUT2D eigenvalue weighted by Gasteiger charge is -2.28. The number of rotatable bonds is 13. The van der Waals surface area contributed by atoms with Gasteiger partial charge in [0.05, 0.1) is 35.6 Å². The minimum absolute atomic E-state index is 0.162. The molecule has 0 aliphatic heterocycles. The van der Waals surface area contributed by atoms with E-state index in [9.17, 15) is 18.3 Å². The van der Waals surface area contributed by atoms with E-state index in [1.54, 1.807) is 54.9 Å². The van der Waals surface area contributed by atoms with Crippen molar-refractivity contribution in [2.75, 3.05) is 11.3 Å². The molecular weight excluding hydrogens is 570 g/mol. The van der Waals surface area contributed by atoms with E-state index >= 15 is 0 Å². The number of amides is 1. The lowest BCUT2D eigenvalue weighted by Crippen LogP contribution is -2.42. The van der Waals surface area contributed by atoms with Gasteiger partial charge in [-0.3, -0.25) is 9.52 Å². The van der Waals surface area contributed by atoms with Gasteiger partial charge in [-0.2, -0.15) is 0 Å². The van der Waals surface area contributed by atoms with Gasteiger partial charge in [0.2, 0.25) is 5.89 Å². The van der Waals surface area contributed by atoms with Gasteiger partial charge >= 0.3 is 0 Å². The monoisotopic (exact) mass is 603 g/mol. The number of carbonyl (C=O) groups is 1. The Hall–Kier alpha value is -4.59. The quantitative estimate of drug-likeness (QED) is 0.157. The predicted molar refractivity (Wildman–Crippen MR) is 161 cm³/mol. The molecule has 2 aromatic carbocycles. The Morgan fingerprint density at radius 3 is 2.65 bits per heavy atom. The Kier molecular flexibility index (Phi) is 8.85. The third-order valence-corrected chi connectivity index (χ3v) is 8.33. The normalized spacial score (nSPS) is 12.7. The van der Waals surface area contributed by atoms with Crippen LogP contribution < -0.4 is 15.4 Å². The lowest BCUT2D eigenvalue weighted by molar-refractivity contribution is 0.0947. The molecule has 0 aliphatic carbocycles. The van der Waals surface area contributed by atoms with Crippen LogP contribution in [0, 0.1) is 0 Å². The van der Waals surface area contributed by atoms with Gasteiger partial charge < -0.3 is 24.7 Å². The fourth-order valence-corrected chi connectivity index (χ4v) is 5.51. The molecule has 43 heavy (non-hydrogen) atoms. The van der Waals surface area contributed by atoms with Crippen molar-refractivity contribution in [2.24, 2.45) is 0 Å². The second kappa shape index (κ2) is 12.7. The Morgan fingerprint density at radius 1 is 1.07 bits per heavy atom. The van der Waals surface area contributed by atoms with E-state index in [4.69, 9.17) is 4.42 Å². The molecule has 0 bridgehead atoms. The number of aryl methyl sites for hydroxylation is 1. The Bertz CT molecular complexity index is 1790. The first-order valence-corrected chi connectivity index (χ1v) is 15.2. The second-order valence-electron chi connectivity index (χ2n) is 10.7. The number of nitrogens with zero attached hydrogens (tertiary/aromatic N) is 4. The van der Waals surface area contributed by atoms with Gasteiger partial charge in [0, 0.05) is 30.5 Å². The summed E-state index contributed by atoms with van der Waals surface area (Å²) in [4.78, 5) is 25.5. The van der Waals surface area contributed by atoms with Crippen LogP contribution in [0.3, 0.4) is 0 Å². The fourth-order valence-electron chi connectivity index (χ4n) is 4.44. The number of aliphatic hydroxyl groups is 1. The number of nitrogens with one attached hydrogen (secondary N) is 3. The Labute approximate surface area is 249 Å². The van der Waals surface area contributed by atoms with Crippen molar-refractivity contribution in [3.8, 4) is 0 Å². The molecule has 0 aliphatic rings. The Balaban J connectivity index is 1.15. The molecule has 13 heteroatoms. The molecule has 0 saturated heterocycles. The number of fused-ring (bicyclic) bond motifs is 1. The molecule has 5 aromatic rings. The molecule has 4 N–H and O–H groups in total. The molecule has 1 amide bonds. The van der Waals surface area contributed by atoms with Crippen LogP contribution in [-0.4, -0.2) is 51.0 Å². The minimum atomic E-state index is -3.74. The van der Waals surface area contributed by atoms with Crippen LogP contribution >= 0.6 is 0 Å². The van der Waals surface area contributed by atoms with Crippen LogP contribution in [0.15, 0.2) is 95.0 Å². The zero-order chi connectivity index (χ0) is 30.5. The van der Waals surface area contributed by atoms with Gasteiger partial charge in [-0.15, -0.1) is 0 Å². The molecule has 12 nitrogen and oxygen atoms in total. The molecular formula is C30H33N7O5S. The van der Waals surface area contributed by atoms with E-state index in [1.807, 2.05) is 18.4 Å². The molecule has 224 valence electrons. The second-order valence-corrected chi connectivity index (χ2v) is 12.4. The van der Waals surface area contributed by atoms with Crippen LogP contribution in [-0.2, 0) is 23.1 Å². The average molecular weight is 604 g/mol. The highest BCUT2D eigenvalue weighted by atomic mass is 32.2. The number of oxazole rings is 1. The highest BCUT2D eigenvalue weighted by Gasteiger charge is 2.21. The molecule has 5 rings (SSSR count). The predicted octanol–water partition coefficient (Wildman–Crippen LogP) is 3.64. The number of hydrogen-bond donors (Lipinski definition) is 4. The molecule has 0 radical (unpaired) electrons.